The van der Waals surface area contributed by atoms with Crippen molar-refractivity contribution in [3.63, 3.8) is 0 Å². The van der Waals surface area contributed by atoms with Gasteiger partial charge in [0.15, 0.2) is 5.17 Å². The summed E-state index contributed by atoms with van der Waals surface area (Å²) in [6, 6.07) is 6.98. The third kappa shape index (κ3) is 4.34. The summed E-state index contributed by atoms with van der Waals surface area (Å²) in [5.41, 5.74) is 1.85. The molecule has 156 valence electrons. The molecule has 0 bridgehead atoms. The molecule has 1 saturated heterocycles. The standard InChI is InChI=1S/C22H28N2O4S/c1-6-17-20(25)24-19(15-8-10-16(11-9-15)27-7-2)18(14(5)23-22(24)29-17)21(26)28-12-13(3)4/h8-11,13,17,19H,6-7,12H2,1-5H3/t17-,19+/m1/s1. The van der Waals surface area contributed by atoms with Crippen molar-refractivity contribution in [1.29, 1.82) is 0 Å². The lowest BCUT2D eigenvalue weighted by atomic mass is 9.94. The molecular formula is C22H28N2O4S. The number of nitrogens with zero attached hydrogens (tertiary/aromatic N) is 2. The molecule has 29 heavy (non-hydrogen) atoms. The van der Waals surface area contributed by atoms with Gasteiger partial charge in [-0.25, -0.2) is 9.79 Å². The highest BCUT2D eigenvalue weighted by molar-refractivity contribution is 8.15. The molecule has 0 N–H and O–H groups in total. The third-order valence-corrected chi connectivity index (χ3v) is 6.11. The maximum Gasteiger partial charge on any atom is 0.338 e. The molecule has 1 amide bonds. The number of amides is 1. The number of rotatable bonds is 7. The summed E-state index contributed by atoms with van der Waals surface area (Å²) in [5, 5.41) is 0.469. The average molecular weight is 417 g/mol. The van der Waals surface area contributed by atoms with Crippen LogP contribution in [0.25, 0.3) is 0 Å². The molecule has 6 nitrogen and oxygen atoms in total. The van der Waals surface area contributed by atoms with Gasteiger partial charge < -0.3 is 9.47 Å². The fraction of sp³-hybridized carbons (Fsp3) is 0.500. The van der Waals surface area contributed by atoms with Crippen LogP contribution in [0.2, 0.25) is 0 Å². The Balaban J connectivity index is 2.03. The fourth-order valence-electron chi connectivity index (χ4n) is 3.40. The number of amidine groups is 1. The summed E-state index contributed by atoms with van der Waals surface area (Å²) in [6.07, 6.45) is 0.710. The molecule has 1 aromatic carbocycles. The van der Waals surface area contributed by atoms with Gasteiger partial charge >= 0.3 is 5.97 Å². The molecule has 3 rings (SSSR count). The van der Waals surface area contributed by atoms with Crippen molar-refractivity contribution in [1.82, 2.24) is 4.90 Å². The molecule has 0 saturated carbocycles. The molecule has 7 heteroatoms. The van der Waals surface area contributed by atoms with E-state index in [4.69, 9.17) is 9.47 Å². The van der Waals surface area contributed by atoms with E-state index < -0.39 is 12.0 Å². The molecule has 1 aromatic rings. The molecule has 1 fully saturated rings. The van der Waals surface area contributed by atoms with Crippen molar-refractivity contribution in [3.8, 4) is 5.75 Å². The molecule has 0 unspecified atom stereocenters. The van der Waals surface area contributed by atoms with Crippen molar-refractivity contribution in [3.05, 3.63) is 41.1 Å². The Morgan fingerprint density at radius 3 is 2.52 bits per heavy atom. The molecular weight excluding hydrogens is 388 g/mol. The number of benzene rings is 1. The first-order valence-electron chi connectivity index (χ1n) is 10.1. The molecule has 2 aliphatic rings. The fourth-order valence-corrected chi connectivity index (χ4v) is 4.53. The van der Waals surface area contributed by atoms with Crippen molar-refractivity contribution >= 4 is 28.8 Å². The first-order chi connectivity index (χ1) is 13.9. The van der Waals surface area contributed by atoms with Crippen molar-refractivity contribution in [2.24, 2.45) is 10.9 Å². The predicted octanol–water partition coefficient (Wildman–Crippen LogP) is 4.32. The van der Waals surface area contributed by atoms with E-state index in [9.17, 15) is 9.59 Å². The van der Waals surface area contributed by atoms with Gasteiger partial charge in [-0.2, -0.15) is 0 Å². The number of thioether (sulfide) groups is 1. The minimum absolute atomic E-state index is 0.0169. The van der Waals surface area contributed by atoms with E-state index in [0.29, 0.717) is 36.1 Å². The van der Waals surface area contributed by atoms with Gasteiger partial charge in [0.25, 0.3) is 0 Å². The summed E-state index contributed by atoms with van der Waals surface area (Å²) in [6.45, 7) is 10.6. The minimum atomic E-state index is -0.547. The number of carbonyl (C=O) groups is 2. The Morgan fingerprint density at radius 2 is 1.93 bits per heavy atom. The lowest BCUT2D eigenvalue weighted by molar-refractivity contribution is -0.141. The lowest BCUT2D eigenvalue weighted by Gasteiger charge is -2.33. The maximum atomic E-state index is 13.1. The number of ether oxygens (including phenoxy) is 2. The summed E-state index contributed by atoms with van der Waals surface area (Å²) in [4.78, 5) is 32.3. The normalized spacial score (nSPS) is 21.4. The average Bonchev–Trinajstić information content (AvgIpc) is 3.01. The van der Waals surface area contributed by atoms with Crippen LogP contribution in [0.5, 0.6) is 5.75 Å². The molecule has 0 radical (unpaired) electrons. The lowest BCUT2D eigenvalue weighted by Crippen LogP contribution is -2.40. The van der Waals surface area contributed by atoms with Gasteiger partial charge in [0.2, 0.25) is 5.91 Å². The first-order valence-corrected chi connectivity index (χ1v) is 10.9. The monoisotopic (exact) mass is 416 g/mol. The Kier molecular flexibility index (Phi) is 6.67. The van der Waals surface area contributed by atoms with E-state index >= 15 is 0 Å². The largest absolute Gasteiger partial charge is 0.494 e. The number of esters is 1. The van der Waals surface area contributed by atoms with Gasteiger partial charge in [-0.1, -0.05) is 44.7 Å². The van der Waals surface area contributed by atoms with Crippen molar-refractivity contribution < 1.29 is 19.1 Å². The Labute approximate surface area is 176 Å². The molecule has 0 aromatic heterocycles. The third-order valence-electron chi connectivity index (χ3n) is 4.80. The van der Waals surface area contributed by atoms with Gasteiger partial charge in [-0.05, 0) is 43.9 Å². The molecule has 0 aliphatic carbocycles. The van der Waals surface area contributed by atoms with Crippen LogP contribution in [0.1, 0.15) is 52.6 Å². The first kappa shape index (κ1) is 21.4. The highest BCUT2D eigenvalue weighted by atomic mass is 32.2. The van der Waals surface area contributed by atoms with Gasteiger partial charge in [-0.3, -0.25) is 9.69 Å². The van der Waals surface area contributed by atoms with E-state index in [2.05, 4.69) is 4.99 Å². The smallest absolute Gasteiger partial charge is 0.338 e. The Morgan fingerprint density at radius 1 is 1.24 bits per heavy atom. The van der Waals surface area contributed by atoms with Crippen molar-refractivity contribution in [2.75, 3.05) is 13.2 Å². The Bertz CT molecular complexity index is 845. The zero-order chi connectivity index (χ0) is 21.1. The zero-order valence-corrected chi connectivity index (χ0v) is 18.4. The quantitative estimate of drug-likeness (QED) is 0.619. The number of carbonyl (C=O) groups excluding carboxylic acids is 2. The van der Waals surface area contributed by atoms with Gasteiger partial charge in [0, 0.05) is 0 Å². The van der Waals surface area contributed by atoms with Crippen molar-refractivity contribution in [2.45, 2.75) is 52.3 Å². The summed E-state index contributed by atoms with van der Waals surface area (Å²) < 4.78 is 11.1. The highest BCUT2D eigenvalue weighted by Crippen LogP contribution is 2.44. The highest BCUT2D eigenvalue weighted by Gasteiger charge is 2.47. The zero-order valence-electron chi connectivity index (χ0n) is 17.6. The number of hydrogen-bond acceptors (Lipinski definition) is 6. The second kappa shape index (κ2) is 9.03. The molecule has 2 aliphatic heterocycles. The van der Waals surface area contributed by atoms with E-state index in [-0.39, 0.29) is 17.1 Å². The Hall–Kier alpha value is -2.28. The molecule has 2 heterocycles. The summed E-state index contributed by atoms with van der Waals surface area (Å²) >= 11 is 1.46. The molecule has 0 spiro atoms. The second-order valence-electron chi connectivity index (χ2n) is 7.51. The van der Waals surface area contributed by atoms with E-state index in [1.165, 1.54) is 11.8 Å². The van der Waals surface area contributed by atoms with Crippen LogP contribution in [-0.4, -0.2) is 40.4 Å². The summed E-state index contributed by atoms with van der Waals surface area (Å²) in [7, 11) is 0. The number of aliphatic imine (C=N–C) groups is 1. The molecule has 2 atom stereocenters. The number of fused-ring (bicyclic) bond motifs is 1. The number of hydrogen-bond donors (Lipinski definition) is 0. The topological polar surface area (TPSA) is 68.2 Å². The van der Waals surface area contributed by atoms with Gasteiger partial charge in [0.05, 0.1) is 35.8 Å². The van der Waals surface area contributed by atoms with Crippen LogP contribution in [0.15, 0.2) is 40.5 Å². The number of allylic oxidation sites excluding steroid dienone is 1. The van der Waals surface area contributed by atoms with Crippen LogP contribution in [-0.2, 0) is 14.3 Å². The van der Waals surface area contributed by atoms with E-state index in [1.807, 2.05) is 58.9 Å². The van der Waals surface area contributed by atoms with Crippen LogP contribution in [0, 0.1) is 5.92 Å². The van der Waals surface area contributed by atoms with E-state index in [1.54, 1.807) is 4.90 Å². The second-order valence-corrected chi connectivity index (χ2v) is 8.68. The van der Waals surface area contributed by atoms with Crippen LogP contribution in [0.3, 0.4) is 0 Å². The van der Waals surface area contributed by atoms with Gasteiger partial charge in [-0.15, -0.1) is 0 Å². The maximum absolute atomic E-state index is 13.1. The van der Waals surface area contributed by atoms with Crippen LogP contribution < -0.4 is 4.74 Å². The summed E-state index contributed by atoms with van der Waals surface area (Å²) in [5.74, 6) is 0.534. The SMILES string of the molecule is CCOc1ccc([C@H]2C(C(=O)OCC(C)C)=C(C)N=C3S[C@H](CC)C(=O)N32)cc1. The van der Waals surface area contributed by atoms with E-state index in [0.717, 1.165) is 11.3 Å². The predicted molar refractivity (Wildman–Crippen MR) is 115 cm³/mol. The van der Waals surface area contributed by atoms with Crippen LogP contribution in [0.4, 0.5) is 0 Å². The minimum Gasteiger partial charge on any atom is -0.494 e. The van der Waals surface area contributed by atoms with Crippen LogP contribution >= 0.6 is 11.8 Å². The van der Waals surface area contributed by atoms with Gasteiger partial charge in [0.1, 0.15) is 5.75 Å².